The monoisotopic (exact) mass is 192 g/mol. The molecule has 0 aliphatic carbocycles. The van der Waals surface area contributed by atoms with Crippen molar-refractivity contribution in [3.8, 4) is 0 Å². The first-order valence-electron chi connectivity index (χ1n) is 3.84. The Labute approximate surface area is 72.8 Å². The van der Waals surface area contributed by atoms with Crippen molar-refractivity contribution < 1.29 is 0 Å². The molecule has 0 aromatic carbocycles. The number of thiol groups is 1. The van der Waals surface area contributed by atoms with Gasteiger partial charge in [-0.2, -0.15) is 12.6 Å². The highest BCUT2D eigenvalue weighted by atomic mass is 32.1. The van der Waals surface area contributed by atoms with Gasteiger partial charge in [0.2, 0.25) is 0 Å². The zero-order valence-corrected chi connectivity index (χ0v) is 10.9. The van der Waals surface area contributed by atoms with Gasteiger partial charge in [-0.05, 0) is 4.50 Å². The molecule has 0 N–H and O–H groups in total. The third-order valence-electron chi connectivity index (χ3n) is 1.64. The van der Waals surface area contributed by atoms with E-state index in [1.54, 1.807) is 0 Å². The van der Waals surface area contributed by atoms with Gasteiger partial charge in [0, 0.05) is 0 Å². The van der Waals surface area contributed by atoms with Crippen LogP contribution in [0, 0.1) is 0 Å². The molecule has 0 radical (unpaired) electrons. The molecule has 0 fully saturated rings. The van der Waals surface area contributed by atoms with Crippen LogP contribution in [0.2, 0.25) is 39.3 Å². The van der Waals surface area contributed by atoms with Crippen molar-refractivity contribution >= 4 is 28.8 Å². The first-order chi connectivity index (χ1) is 4.15. The van der Waals surface area contributed by atoms with Crippen LogP contribution in [0.5, 0.6) is 0 Å². The molecule has 0 aliphatic heterocycles. The van der Waals surface area contributed by atoms with E-state index in [1.807, 2.05) is 0 Å². The van der Waals surface area contributed by atoms with Gasteiger partial charge in [-0.15, -0.1) is 0 Å². The van der Waals surface area contributed by atoms with Gasteiger partial charge in [0.05, 0.1) is 16.1 Å². The Morgan fingerprint density at radius 3 is 1.00 bits per heavy atom. The van der Waals surface area contributed by atoms with E-state index < -0.39 is 16.1 Å². The van der Waals surface area contributed by atoms with Gasteiger partial charge in [0.15, 0.2) is 0 Å². The molecule has 0 amide bonds. The van der Waals surface area contributed by atoms with Crippen molar-refractivity contribution in [3.63, 3.8) is 0 Å². The number of hydrogen-bond donors (Lipinski definition) is 1. The fourth-order valence-electron chi connectivity index (χ4n) is 1.30. The lowest BCUT2D eigenvalue weighted by molar-refractivity contribution is 1.47. The van der Waals surface area contributed by atoms with E-state index in [-0.39, 0.29) is 0 Å². The molecule has 10 heavy (non-hydrogen) atoms. The van der Waals surface area contributed by atoms with Crippen LogP contribution in [0.15, 0.2) is 0 Å². The van der Waals surface area contributed by atoms with E-state index in [0.29, 0.717) is 0 Å². The predicted molar refractivity (Wildman–Crippen MR) is 59.5 cm³/mol. The Bertz CT molecular complexity index is 95.8. The minimum Gasteiger partial charge on any atom is -0.182 e. The topological polar surface area (TPSA) is 0 Å². The summed E-state index contributed by atoms with van der Waals surface area (Å²) in [5, 5.41) is 0. The van der Waals surface area contributed by atoms with Crippen molar-refractivity contribution in [1.29, 1.82) is 0 Å². The van der Waals surface area contributed by atoms with E-state index in [0.717, 1.165) is 4.50 Å². The Hall–Kier alpha value is 0.784. The zero-order chi connectivity index (χ0) is 8.58. The summed E-state index contributed by atoms with van der Waals surface area (Å²) in [6.07, 6.45) is 0. The summed E-state index contributed by atoms with van der Waals surface area (Å²) < 4.78 is 0.736. The van der Waals surface area contributed by atoms with Crippen LogP contribution in [0.1, 0.15) is 0 Å². The summed E-state index contributed by atoms with van der Waals surface area (Å²) in [5.74, 6) is 0. The lowest BCUT2D eigenvalue weighted by Crippen LogP contribution is -2.50. The van der Waals surface area contributed by atoms with Gasteiger partial charge in [-0.25, -0.2) is 0 Å². The minimum absolute atomic E-state index is 0.736. The van der Waals surface area contributed by atoms with E-state index in [1.165, 1.54) is 0 Å². The SMILES string of the molecule is C[Si](C)(C)C(S)[Si](C)(C)C. The standard InChI is InChI=1S/C7H20SSi2/c1-9(2,3)7(8)10(4,5)6/h7-8H,1-6H3. The van der Waals surface area contributed by atoms with Gasteiger partial charge >= 0.3 is 0 Å². The van der Waals surface area contributed by atoms with E-state index in [2.05, 4.69) is 39.3 Å². The summed E-state index contributed by atoms with van der Waals surface area (Å²) >= 11 is 4.71. The van der Waals surface area contributed by atoms with E-state index in [9.17, 15) is 0 Å². The molecule has 0 nitrogen and oxygen atoms in total. The molecular weight excluding hydrogens is 172 g/mol. The highest BCUT2D eigenvalue weighted by molar-refractivity contribution is 7.85. The molecule has 0 saturated carbocycles. The van der Waals surface area contributed by atoms with Crippen molar-refractivity contribution in [1.82, 2.24) is 0 Å². The van der Waals surface area contributed by atoms with Crippen molar-refractivity contribution in [3.05, 3.63) is 0 Å². The Balaban J connectivity index is 4.23. The maximum atomic E-state index is 4.71. The molecule has 0 aromatic rings. The molecule has 0 saturated heterocycles. The van der Waals surface area contributed by atoms with Crippen molar-refractivity contribution in [2.45, 2.75) is 43.8 Å². The molecule has 0 rings (SSSR count). The molecule has 0 bridgehead atoms. The molecular formula is C7H20SSi2. The van der Waals surface area contributed by atoms with Crippen LogP contribution >= 0.6 is 12.6 Å². The van der Waals surface area contributed by atoms with Gasteiger partial charge in [0.1, 0.15) is 0 Å². The normalized spacial score (nSPS) is 14.4. The molecule has 62 valence electrons. The Morgan fingerprint density at radius 1 is 0.800 bits per heavy atom. The van der Waals surface area contributed by atoms with Crippen LogP contribution in [-0.4, -0.2) is 20.6 Å². The fourth-order valence-corrected chi connectivity index (χ4v) is 11.7. The van der Waals surface area contributed by atoms with E-state index >= 15 is 0 Å². The molecule has 0 aliphatic rings. The van der Waals surface area contributed by atoms with Crippen LogP contribution in [0.25, 0.3) is 0 Å². The second-order valence-corrected chi connectivity index (χ2v) is 17.8. The average Bonchev–Trinajstić information content (AvgIpc) is 1.59. The van der Waals surface area contributed by atoms with Crippen LogP contribution < -0.4 is 0 Å². The first-order valence-corrected chi connectivity index (χ1v) is 11.5. The number of hydrogen-bond acceptors (Lipinski definition) is 1. The summed E-state index contributed by atoms with van der Waals surface area (Å²) in [6, 6.07) is 0. The molecule has 0 heterocycles. The van der Waals surface area contributed by atoms with Gasteiger partial charge in [-0.1, -0.05) is 39.3 Å². The van der Waals surface area contributed by atoms with Crippen LogP contribution in [-0.2, 0) is 0 Å². The van der Waals surface area contributed by atoms with Crippen LogP contribution in [0.4, 0.5) is 0 Å². The molecule has 0 atom stereocenters. The first kappa shape index (κ1) is 10.8. The molecule has 3 heteroatoms. The maximum Gasteiger partial charge on any atom is 0.0551 e. The molecule has 0 unspecified atom stereocenters. The van der Waals surface area contributed by atoms with Crippen LogP contribution in [0.3, 0.4) is 0 Å². The minimum atomic E-state index is -0.970. The third-order valence-corrected chi connectivity index (χ3v) is 14.8. The summed E-state index contributed by atoms with van der Waals surface area (Å²) in [5.41, 5.74) is 0. The highest BCUT2D eigenvalue weighted by Crippen LogP contribution is 2.23. The lowest BCUT2D eigenvalue weighted by atomic mass is 11.7. The average molecular weight is 192 g/mol. The van der Waals surface area contributed by atoms with Crippen molar-refractivity contribution in [2.75, 3.05) is 0 Å². The summed E-state index contributed by atoms with van der Waals surface area (Å²) in [6.45, 7) is 14.4. The zero-order valence-electron chi connectivity index (χ0n) is 8.02. The van der Waals surface area contributed by atoms with Gasteiger partial charge < -0.3 is 0 Å². The van der Waals surface area contributed by atoms with Crippen molar-refractivity contribution in [2.24, 2.45) is 0 Å². The largest absolute Gasteiger partial charge is 0.182 e. The third kappa shape index (κ3) is 3.26. The maximum absolute atomic E-state index is 4.71. The lowest BCUT2D eigenvalue weighted by Gasteiger charge is -2.34. The summed E-state index contributed by atoms with van der Waals surface area (Å²) in [7, 11) is -1.94. The molecule has 0 aromatic heterocycles. The highest BCUT2D eigenvalue weighted by Gasteiger charge is 2.34. The second kappa shape index (κ2) is 3.03. The van der Waals surface area contributed by atoms with Gasteiger partial charge in [0.25, 0.3) is 0 Å². The Morgan fingerprint density at radius 2 is 1.00 bits per heavy atom. The number of rotatable bonds is 2. The Kier molecular flexibility index (Phi) is 3.27. The van der Waals surface area contributed by atoms with Gasteiger partial charge in [-0.3, -0.25) is 0 Å². The predicted octanol–water partition coefficient (Wildman–Crippen LogP) is 3.04. The summed E-state index contributed by atoms with van der Waals surface area (Å²) in [4.78, 5) is 0. The quantitative estimate of drug-likeness (QED) is 0.505. The second-order valence-electron chi connectivity index (χ2n) is 5.13. The smallest absolute Gasteiger partial charge is 0.0551 e. The van der Waals surface area contributed by atoms with E-state index in [4.69, 9.17) is 12.6 Å². The fraction of sp³-hybridized carbons (Fsp3) is 1.00. The molecule has 0 spiro atoms.